The summed E-state index contributed by atoms with van der Waals surface area (Å²) in [5.41, 5.74) is 0.378. The average Bonchev–Trinajstić information content (AvgIpc) is 3.33. The molecule has 0 spiro atoms. The van der Waals surface area contributed by atoms with Gasteiger partial charge in [0.2, 0.25) is 5.91 Å². The molecule has 1 atom stereocenters. The summed E-state index contributed by atoms with van der Waals surface area (Å²) in [6.07, 6.45) is 6.18. The third-order valence-corrected chi connectivity index (χ3v) is 5.12. The predicted molar refractivity (Wildman–Crippen MR) is 92.4 cm³/mol. The first-order valence-electron chi connectivity index (χ1n) is 6.95. The van der Waals surface area contributed by atoms with Gasteiger partial charge in [-0.15, -0.1) is 11.3 Å². The quantitative estimate of drug-likeness (QED) is 0.673. The van der Waals surface area contributed by atoms with E-state index in [2.05, 4.69) is 5.32 Å². The van der Waals surface area contributed by atoms with Gasteiger partial charge in [-0.25, -0.2) is 0 Å². The summed E-state index contributed by atoms with van der Waals surface area (Å²) in [4.78, 5) is 12.8. The Morgan fingerprint density at radius 3 is 2.91 bits per heavy atom. The molecule has 3 aromatic heterocycles. The van der Waals surface area contributed by atoms with Crippen LogP contribution in [0, 0.1) is 0 Å². The topological polar surface area (TPSA) is 62.5 Å². The van der Waals surface area contributed by atoms with E-state index in [9.17, 15) is 9.90 Å². The average molecular weight is 345 g/mol. The second-order valence-corrected chi connectivity index (χ2v) is 6.69. The molecular formula is C17H15NO3S2. The van der Waals surface area contributed by atoms with Gasteiger partial charge >= 0.3 is 0 Å². The Morgan fingerprint density at radius 2 is 2.26 bits per heavy atom. The van der Waals surface area contributed by atoms with Gasteiger partial charge in [-0.3, -0.25) is 4.79 Å². The van der Waals surface area contributed by atoms with Crippen molar-refractivity contribution in [1.82, 2.24) is 5.32 Å². The van der Waals surface area contributed by atoms with E-state index < -0.39 is 5.60 Å². The van der Waals surface area contributed by atoms with Crippen LogP contribution < -0.4 is 5.32 Å². The molecule has 0 saturated carbocycles. The Bertz CT molecular complexity index is 725. The second-order valence-electron chi connectivity index (χ2n) is 4.96. The summed E-state index contributed by atoms with van der Waals surface area (Å²) in [7, 11) is 0. The van der Waals surface area contributed by atoms with Crippen LogP contribution in [0.1, 0.15) is 16.0 Å². The van der Waals surface area contributed by atoms with E-state index in [0.717, 1.165) is 16.0 Å². The highest BCUT2D eigenvalue weighted by molar-refractivity contribution is 7.10. The summed E-state index contributed by atoms with van der Waals surface area (Å²) < 4.78 is 4.94. The highest BCUT2D eigenvalue weighted by Gasteiger charge is 2.33. The second kappa shape index (κ2) is 6.95. The van der Waals surface area contributed by atoms with Crippen LogP contribution in [0.4, 0.5) is 0 Å². The molecule has 0 aliphatic heterocycles. The molecule has 2 N–H and O–H groups in total. The first-order valence-corrected chi connectivity index (χ1v) is 8.78. The molecule has 3 rings (SSSR count). The molecule has 0 aliphatic carbocycles. The van der Waals surface area contributed by atoms with E-state index in [0.29, 0.717) is 0 Å². The van der Waals surface area contributed by atoms with Gasteiger partial charge < -0.3 is 14.8 Å². The van der Waals surface area contributed by atoms with Crippen LogP contribution in [0.3, 0.4) is 0 Å². The fraction of sp³-hybridized carbons (Fsp3) is 0.118. The van der Waals surface area contributed by atoms with Crippen molar-refractivity contribution >= 4 is 34.7 Å². The first-order chi connectivity index (χ1) is 11.2. The van der Waals surface area contributed by atoms with Crippen molar-refractivity contribution in [1.29, 1.82) is 0 Å². The number of carbonyl (C=O) groups excluding carboxylic acids is 1. The minimum Gasteiger partial charge on any atom is -0.472 e. The van der Waals surface area contributed by atoms with E-state index in [-0.39, 0.29) is 12.5 Å². The summed E-state index contributed by atoms with van der Waals surface area (Å²) >= 11 is 2.98. The monoisotopic (exact) mass is 345 g/mol. The Balaban J connectivity index is 1.71. The number of hydrogen-bond acceptors (Lipinski definition) is 5. The number of furan rings is 1. The van der Waals surface area contributed by atoms with E-state index in [4.69, 9.17) is 4.42 Å². The van der Waals surface area contributed by atoms with Crippen LogP contribution in [0.15, 0.2) is 63.4 Å². The molecule has 0 saturated heterocycles. The smallest absolute Gasteiger partial charge is 0.244 e. The molecule has 0 aliphatic rings. The number of nitrogens with one attached hydrogen (secondary N) is 1. The lowest BCUT2D eigenvalue weighted by molar-refractivity contribution is -0.117. The maximum Gasteiger partial charge on any atom is 0.244 e. The molecule has 23 heavy (non-hydrogen) atoms. The van der Waals surface area contributed by atoms with Crippen molar-refractivity contribution in [2.24, 2.45) is 0 Å². The third-order valence-electron chi connectivity index (χ3n) is 3.42. The highest BCUT2D eigenvalue weighted by atomic mass is 32.1. The van der Waals surface area contributed by atoms with E-state index in [1.54, 1.807) is 24.7 Å². The van der Waals surface area contributed by atoms with Gasteiger partial charge in [0.25, 0.3) is 0 Å². The van der Waals surface area contributed by atoms with Gasteiger partial charge in [-0.1, -0.05) is 6.07 Å². The maximum absolute atomic E-state index is 12.0. The van der Waals surface area contributed by atoms with Crippen LogP contribution in [0.5, 0.6) is 0 Å². The SMILES string of the molecule is O=C(/C=C/c1ccoc1)NC[C@](O)(c1ccsc1)c1cccs1. The van der Waals surface area contributed by atoms with Crippen molar-refractivity contribution in [2.45, 2.75) is 5.60 Å². The number of carbonyl (C=O) groups is 1. The fourth-order valence-electron chi connectivity index (χ4n) is 2.16. The predicted octanol–water partition coefficient (Wildman–Crippen LogP) is 3.47. The van der Waals surface area contributed by atoms with E-state index in [1.807, 2.05) is 34.3 Å². The molecule has 118 valence electrons. The number of aliphatic hydroxyl groups is 1. The van der Waals surface area contributed by atoms with Crippen molar-refractivity contribution in [2.75, 3.05) is 6.54 Å². The lowest BCUT2D eigenvalue weighted by Gasteiger charge is -2.26. The van der Waals surface area contributed by atoms with Crippen LogP contribution >= 0.6 is 22.7 Å². The number of amides is 1. The standard InChI is InChI=1S/C17H15NO3S2/c19-16(4-3-13-5-7-21-10-13)18-12-17(20,14-6-9-22-11-14)15-2-1-8-23-15/h1-11,20H,12H2,(H,18,19)/b4-3+/t17-/m0/s1. The van der Waals surface area contributed by atoms with E-state index >= 15 is 0 Å². The summed E-state index contributed by atoms with van der Waals surface area (Å²) in [5, 5.41) is 19.6. The molecule has 4 nitrogen and oxygen atoms in total. The highest BCUT2D eigenvalue weighted by Crippen LogP contribution is 2.33. The Labute approximate surface area is 141 Å². The van der Waals surface area contributed by atoms with Crippen LogP contribution in [-0.2, 0) is 10.4 Å². The largest absolute Gasteiger partial charge is 0.472 e. The van der Waals surface area contributed by atoms with Crippen molar-refractivity contribution in [3.05, 3.63) is 75.0 Å². The molecule has 0 fully saturated rings. The van der Waals surface area contributed by atoms with Crippen LogP contribution in [0.2, 0.25) is 0 Å². The molecule has 6 heteroatoms. The normalized spacial score (nSPS) is 14.0. The van der Waals surface area contributed by atoms with E-state index in [1.165, 1.54) is 28.7 Å². The van der Waals surface area contributed by atoms with Gasteiger partial charge in [0.1, 0.15) is 5.60 Å². The zero-order valence-corrected chi connectivity index (χ0v) is 13.8. The molecule has 0 unspecified atom stereocenters. The van der Waals surface area contributed by atoms with Gasteiger partial charge in [0, 0.05) is 22.1 Å². The van der Waals surface area contributed by atoms with Gasteiger partial charge in [0.15, 0.2) is 0 Å². The maximum atomic E-state index is 12.0. The summed E-state index contributed by atoms with van der Waals surface area (Å²) in [6.45, 7) is 0.110. The molecular weight excluding hydrogens is 330 g/mol. The molecule has 3 heterocycles. The molecule has 3 aromatic rings. The summed E-state index contributed by atoms with van der Waals surface area (Å²) in [6, 6.07) is 7.39. The first kappa shape index (κ1) is 15.7. The Kier molecular flexibility index (Phi) is 4.76. The Hall–Kier alpha value is -2.15. The van der Waals surface area contributed by atoms with Gasteiger partial charge in [-0.05, 0) is 40.4 Å². The zero-order valence-electron chi connectivity index (χ0n) is 12.1. The van der Waals surface area contributed by atoms with Crippen molar-refractivity contribution in [3.8, 4) is 0 Å². The van der Waals surface area contributed by atoms with Gasteiger partial charge in [0.05, 0.1) is 19.1 Å². The summed E-state index contributed by atoms with van der Waals surface area (Å²) in [5.74, 6) is -0.267. The fourth-order valence-corrected chi connectivity index (χ4v) is 3.73. The lowest BCUT2D eigenvalue weighted by Crippen LogP contribution is -2.40. The van der Waals surface area contributed by atoms with Crippen LogP contribution in [0.25, 0.3) is 6.08 Å². The Morgan fingerprint density at radius 1 is 1.35 bits per heavy atom. The molecule has 0 aromatic carbocycles. The van der Waals surface area contributed by atoms with Crippen molar-refractivity contribution in [3.63, 3.8) is 0 Å². The molecule has 0 bridgehead atoms. The zero-order chi connectivity index (χ0) is 16.1. The third kappa shape index (κ3) is 3.61. The number of rotatable bonds is 6. The molecule has 1 amide bonds. The van der Waals surface area contributed by atoms with Crippen molar-refractivity contribution < 1.29 is 14.3 Å². The van der Waals surface area contributed by atoms with Gasteiger partial charge in [-0.2, -0.15) is 11.3 Å². The number of hydrogen-bond donors (Lipinski definition) is 2. The minimum absolute atomic E-state index is 0.110. The minimum atomic E-state index is -1.21. The van der Waals surface area contributed by atoms with Crippen LogP contribution in [-0.4, -0.2) is 17.6 Å². The lowest BCUT2D eigenvalue weighted by atomic mass is 9.94. The molecule has 0 radical (unpaired) electrons. The number of thiophene rings is 2.